The van der Waals surface area contributed by atoms with Gasteiger partial charge in [0.25, 0.3) is 10.0 Å². The molecule has 0 unspecified atom stereocenters. The number of nitrogens with zero attached hydrogens (tertiary/aromatic N) is 1. The summed E-state index contributed by atoms with van der Waals surface area (Å²) in [7, 11) is -3.60. The fraction of sp³-hybridized carbons (Fsp3) is 0.267. The molecule has 0 radical (unpaired) electrons. The normalized spacial score (nSPS) is 11.4. The van der Waals surface area contributed by atoms with Gasteiger partial charge in [-0.2, -0.15) is 0 Å². The molecule has 2 rings (SSSR count). The first-order valence-electron chi connectivity index (χ1n) is 6.69. The molecular formula is C15H19N3O2S. The summed E-state index contributed by atoms with van der Waals surface area (Å²) in [6.45, 7) is 5.95. The van der Waals surface area contributed by atoms with E-state index in [1.54, 1.807) is 42.6 Å². The Bertz CT molecular complexity index is 693. The third-order valence-corrected chi connectivity index (χ3v) is 4.16. The average Bonchev–Trinajstić information content (AvgIpc) is 2.40. The topological polar surface area (TPSA) is 71.1 Å². The first kappa shape index (κ1) is 15.3. The van der Waals surface area contributed by atoms with Crippen molar-refractivity contribution in [3.63, 3.8) is 0 Å². The van der Waals surface area contributed by atoms with Gasteiger partial charge in [-0.15, -0.1) is 0 Å². The molecule has 0 amide bonds. The zero-order chi connectivity index (χ0) is 15.5. The number of aryl methyl sites for hydroxylation is 1. The Balaban J connectivity index is 2.15. The molecule has 1 aromatic carbocycles. The number of hydrogen-bond donors (Lipinski definition) is 2. The van der Waals surface area contributed by atoms with Crippen LogP contribution in [0.2, 0.25) is 0 Å². The van der Waals surface area contributed by atoms with Gasteiger partial charge in [-0.25, -0.2) is 13.4 Å². The van der Waals surface area contributed by atoms with Crippen LogP contribution in [0.1, 0.15) is 19.4 Å². The summed E-state index contributed by atoms with van der Waals surface area (Å²) in [4.78, 5) is 4.33. The fourth-order valence-electron chi connectivity index (χ4n) is 1.79. The van der Waals surface area contributed by atoms with E-state index in [2.05, 4.69) is 15.0 Å². The molecule has 0 bridgehead atoms. The van der Waals surface area contributed by atoms with Crippen molar-refractivity contribution in [3.8, 4) is 0 Å². The number of benzene rings is 1. The Labute approximate surface area is 125 Å². The van der Waals surface area contributed by atoms with E-state index in [4.69, 9.17) is 0 Å². The zero-order valence-electron chi connectivity index (χ0n) is 12.3. The molecular weight excluding hydrogens is 286 g/mol. The van der Waals surface area contributed by atoms with E-state index in [-0.39, 0.29) is 4.90 Å². The van der Waals surface area contributed by atoms with Gasteiger partial charge in [-0.1, -0.05) is 17.7 Å². The summed E-state index contributed by atoms with van der Waals surface area (Å²) in [5.74, 6) is 0.296. The van der Waals surface area contributed by atoms with Gasteiger partial charge in [0.2, 0.25) is 0 Å². The van der Waals surface area contributed by atoms with Crippen LogP contribution in [0, 0.1) is 6.92 Å². The summed E-state index contributed by atoms with van der Waals surface area (Å²) in [6.07, 6.45) is 1.60. The largest absolute Gasteiger partial charge is 0.382 e. The van der Waals surface area contributed by atoms with Crippen LogP contribution < -0.4 is 10.0 Å². The lowest BCUT2D eigenvalue weighted by atomic mass is 10.2. The van der Waals surface area contributed by atoms with Gasteiger partial charge in [0.1, 0.15) is 5.82 Å². The lowest BCUT2D eigenvalue weighted by Gasteiger charge is -2.11. The number of hydrogen-bond acceptors (Lipinski definition) is 4. The summed E-state index contributed by atoms with van der Waals surface area (Å²) in [6, 6.07) is 10.4. The van der Waals surface area contributed by atoms with Gasteiger partial charge in [0, 0.05) is 6.04 Å². The van der Waals surface area contributed by atoms with Gasteiger partial charge in [-0.3, -0.25) is 4.72 Å². The minimum Gasteiger partial charge on any atom is -0.382 e. The predicted molar refractivity (Wildman–Crippen MR) is 85.0 cm³/mol. The number of rotatable bonds is 5. The minimum absolute atomic E-state index is 0.222. The molecule has 0 atom stereocenters. The van der Waals surface area contributed by atoms with Crippen LogP contribution >= 0.6 is 0 Å². The van der Waals surface area contributed by atoms with E-state index < -0.39 is 10.0 Å². The Hall–Kier alpha value is -2.08. The van der Waals surface area contributed by atoms with Crippen LogP contribution in [-0.4, -0.2) is 19.4 Å². The molecule has 5 nitrogen and oxygen atoms in total. The minimum atomic E-state index is -3.60. The maximum Gasteiger partial charge on any atom is 0.263 e. The molecule has 2 aromatic rings. The third kappa shape index (κ3) is 4.19. The summed E-state index contributed by atoms with van der Waals surface area (Å²) in [5.41, 5.74) is 1.86. The van der Waals surface area contributed by atoms with Crippen LogP contribution in [0.25, 0.3) is 0 Å². The van der Waals surface area contributed by atoms with E-state index in [1.165, 1.54) is 0 Å². The average molecular weight is 305 g/mol. The first-order valence-corrected chi connectivity index (χ1v) is 8.17. The van der Waals surface area contributed by atoms with Crippen molar-refractivity contribution in [2.45, 2.75) is 31.7 Å². The second-order valence-corrected chi connectivity index (χ2v) is 6.83. The highest BCUT2D eigenvalue weighted by Crippen LogP contribution is 2.16. The Morgan fingerprint density at radius 1 is 1.05 bits per heavy atom. The van der Waals surface area contributed by atoms with Crippen molar-refractivity contribution in [2.24, 2.45) is 0 Å². The van der Waals surface area contributed by atoms with Gasteiger partial charge in [0.05, 0.1) is 16.8 Å². The molecule has 21 heavy (non-hydrogen) atoms. The van der Waals surface area contributed by atoms with Crippen LogP contribution in [0.15, 0.2) is 47.5 Å². The van der Waals surface area contributed by atoms with E-state index >= 15 is 0 Å². The molecule has 0 saturated carbocycles. The van der Waals surface area contributed by atoms with Crippen LogP contribution in [0.4, 0.5) is 11.5 Å². The molecule has 0 fully saturated rings. The smallest absolute Gasteiger partial charge is 0.263 e. The SMILES string of the molecule is Cc1ccc(S(=O)(=O)Nc2ccc(NC(C)C)cn2)cc1. The molecule has 0 aliphatic carbocycles. The van der Waals surface area contributed by atoms with Crippen molar-refractivity contribution >= 4 is 21.5 Å². The summed E-state index contributed by atoms with van der Waals surface area (Å²) >= 11 is 0. The molecule has 6 heteroatoms. The first-order chi connectivity index (χ1) is 9.87. The molecule has 1 aromatic heterocycles. The molecule has 0 saturated heterocycles. The third-order valence-electron chi connectivity index (χ3n) is 2.79. The van der Waals surface area contributed by atoms with Gasteiger partial charge < -0.3 is 5.32 Å². The Morgan fingerprint density at radius 3 is 2.24 bits per heavy atom. The highest BCUT2D eigenvalue weighted by atomic mass is 32.2. The van der Waals surface area contributed by atoms with E-state index in [0.29, 0.717) is 11.9 Å². The van der Waals surface area contributed by atoms with Crippen molar-refractivity contribution in [1.82, 2.24) is 4.98 Å². The second-order valence-electron chi connectivity index (χ2n) is 5.15. The maximum atomic E-state index is 12.2. The van der Waals surface area contributed by atoms with Crippen molar-refractivity contribution in [2.75, 3.05) is 10.0 Å². The predicted octanol–water partition coefficient (Wildman–Crippen LogP) is 3.01. The van der Waals surface area contributed by atoms with Gasteiger partial charge in [-0.05, 0) is 45.0 Å². The van der Waals surface area contributed by atoms with Crippen molar-refractivity contribution < 1.29 is 8.42 Å². The van der Waals surface area contributed by atoms with Gasteiger partial charge >= 0.3 is 0 Å². The molecule has 0 spiro atoms. The zero-order valence-corrected chi connectivity index (χ0v) is 13.1. The number of sulfonamides is 1. The monoisotopic (exact) mass is 305 g/mol. The highest BCUT2D eigenvalue weighted by Gasteiger charge is 2.14. The van der Waals surface area contributed by atoms with E-state index in [9.17, 15) is 8.42 Å². The van der Waals surface area contributed by atoms with Crippen molar-refractivity contribution in [3.05, 3.63) is 48.2 Å². The molecule has 0 aliphatic rings. The second kappa shape index (κ2) is 6.13. The van der Waals surface area contributed by atoms with Crippen LogP contribution in [-0.2, 0) is 10.0 Å². The van der Waals surface area contributed by atoms with E-state index in [0.717, 1.165) is 11.3 Å². The number of pyridine rings is 1. The maximum absolute atomic E-state index is 12.2. The summed E-state index contributed by atoms with van der Waals surface area (Å²) < 4.78 is 26.9. The number of nitrogens with one attached hydrogen (secondary N) is 2. The van der Waals surface area contributed by atoms with Crippen molar-refractivity contribution in [1.29, 1.82) is 0 Å². The standard InChI is InChI=1S/C15H19N3O2S/c1-11(2)17-13-6-9-15(16-10-13)18-21(19,20)14-7-4-12(3)5-8-14/h4-11,17H,1-3H3,(H,16,18). The van der Waals surface area contributed by atoms with Gasteiger partial charge in [0.15, 0.2) is 0 Å². The van der Waals surface area contributed by atoms with Crippen LogP contribution in [0.3, 0.4) is 0 Å². The van der Waals surface area contributed by atoms with E-state index in [1.807, 2.05) is 20.8 Å². The molecule has 0 aliphatic heterocycles. The molecule has 112 valence electrons. The Kier molecular flexibility index (Phi) is 4.47. The summed E-state index contributed by atoms with van der Waals surface area (Å²) in [5, 5.41) is 3.19. The van der Waals surface area contributed by atoms with Crippen LogP contribution in [0.5, 0.6) is 0 Å². The molecule has 2 N–H and O–H groups in total. The molecule has 1 heterocycles. The number of aromatic nitrogens is 1. The quantitative estimate of drug-likeness (QED) is 0.891. The fourth-order valence-corrected chi connectivity index (χ4v) is 2.80. The Morgan fingerprint density at radius 2 is 1.71 bits per heavy atom. The number of anilines is 2. The lowest BCUT2D eigenvalue weighted by Crippen LogP contribution is -2.14. The lowest BCUT2D eigenvalue weighted by molar-refractivity contribution is 0.601. The highest BCUT2D eigenvalue weighted by molar-refractivity contribution is 7.92.